The quantitative estimate of drug-likeness (QED) is 0.322. The predicted octanol–water partition coefficient (Wildman–Crippen LogP) is 2.45. The maximum absolute atomic E-state index is 12.8. The minimum atomic E-state index is -0.723. The number of aliphatic hydroxyl groups excluding tert-OH is 1. The molecule has 6 rings (SSSR count). The molecule has 43 heavy (non-hydrogen) atoms. The number of aromatic nitrogens is 3. The number of fused-ring (bicyclic) bond motifs is 3. The second kappa shape index (κ2) is 12.7. The lowest BCUT2D eigenvalue weighted by Crippen LogP contribution is -2.49. The van der Waals surface area contributed by atoms with Crippen molar-refractivity contribution in [3.8, 4) is 5.75 Å². The number of aliphatic hydroxyl groups is 1. The Morgan fingerprint density at radius 3 is 2.70 bits per heavy atom. The van der Waals surface area contributed by atoms with Gasteiger partial charge in [-0.2, -0.15) is 0 Å². The Hall–Kier alpha value is -4.03. The smallest absolute Gasteiger partial charge is 0.270 e. The molecule has 12 nitrogen and oxygen atoms in total. The van der Waals surface area contributed by atoms with Crippen molar-refractivity contribution in [1.29, 1.82) is 0 Å². The molecule has 12 heteroatoms. The Bertz CT molecular complexity index is 1450. The average molecular weight is 590 g/mol. The van der Waals surface area contributed by atoms with Crippen LogP contribution in [0.15, 0.2) is 41.4 Å². The Morgan fingerprint density at radius 2 is 1.95 bits per heavy atom. The zero-order chi connectivity index (χ0) is 29.9. The molecule has 5 heterocycles. The van der Waals surface area contributed by atoms with Gasteiger partial charge in [-0.05, 0) is 62.3 Å². The monoisotopic (exact) mass is 589 g/mol. The number of oxazole rings is 1. The first-order chi connectivity index (χ1) is 20.8. The molecular weight excluding hydrogens is 550 g/mol. The summed E-state index contributed by atoms with van der Waals surface area (Å²) < 4.78 is 11.2. The Labute approximate surface area is 250 Å². The number of ether oxygens (including phenoxy) is 1. The zero-order valence-electron chi connectivity index (χ0n) is 24.7. The van der Waals surface area contributed by atoms with Crippen LogP contribution in [0, 0.1) is 6.92 Å². The maximum Gasteiger partial charge on any atom is 0.270 e. The zero-order valence-corrected chi connectivity index (χ0v) is 24.7. The van der Waals surface area contributed by atoms with Crippen molar-refractivity contribution in [2.24, 2.45) is 0 Å². The number of anilines is 1. The number of nitrogens with one attached hydrogen (secondary N) is 2. The molecule has 2 fully saturated rings. The van der Waals surface area contributed by atoms with Crippen LogP contribution in [-0.2, 0) is 24.4 Å². The molecule has 0 radical (unpaired) electrons. The minimum absolute atomic E-state index is 0.121. The molecule has 3 aliphatic rings. The number of nitrogens with zero attached hydrogens (tertiary/aromatic N) is 5. The van der Waals surface area contributed by atoms with Gasteiger partial charge in [0.2, 0.25) is 5.91 Å². The van der Waals surface area contributed by atoms with Gasteiger partial charge < -0.3 is 29.8 Å². The third-order valence-electron chi connectivity index (χ3n) is 8.80. The summed E-state index contributed by atoms with van der Waals surface area (Å²) in [6.07, 6.45) is 6.73. The van der Waals surface area contributed by atoms with Crippen molar-refractivity contribution >= 4 is 17.6 Å². The van der Waals surface area contributed by atoms with E-state index < -0.39 is 6.10 Å². The highest BCUT2D eigenvalue weighted by molar-refractivity contribution is 5.92. The van der Waals surface area contributed by atoms with Crippen LogP contribution < -0.4 is 15.4 Å². The fourth-order valence-corrected chi connectivity index (χ4v) is 6.69. The molecule has 0 saturated carbocycles. The van der Waals surface area contributed by atoms with E-state index in [4.69, 9.17) is 9.15 Å². The molecule has 4 atom stereocenters. The van der Waals surface area contributed by atoms with Crippen molar-refractivity contribution in [1.82, 2.24) is 30.1 Å². The number of piperidine rings is 1. The van der Waals surface area contributed by atoms with Crippen molar-refractivity contribution in [3.63, 3.8) is 0 Å². The third kappa shape index (κ3) is 6.80. The number of β-amino-alcohol motifs (C(OH)–C–C–N with tert-alkyl or cyclic N) is 1. The average Bonchev–Trinajstić information content (AvgIpc) is 3.54. The number of hydrogen-bond donors (Lipinski definition) is 3. The standard InChI is InChI=1S/C31H39N7O5/c1-19-29(43-18-35-19)16-42-27-6-3-22-14-37(8-7-21(22)9-27)15-26(40)13-32-31(41)28-12-30(34-17-33-28)36-23-10-24-4-5-25(11-23)38(24)20(2)39/h3,6,9,12,17-18,23-26,40H,4-5,7-8,10-11,13-16H2,1-2H3,(H,32,41)(H,33,34,36)/t23-,24+,25-,26-/m0/s1. The van der Waals surface area contributed by atoms with Crippen LogP contribution in [-0.4, -0.2) is 85.5 Å². The van der Waals surface area contributed by atoms with E-state index in [1.54, 1.807) is 13.0 Å². The van der Waals surface area contributed by atoms with Crippen molar-refractivity contribution < 1.29 is 23.8 Å². The summed E-state index contributed by atoms with van der Waals surface area (Å²) in [6.45, 7) is 5.96. The van der Waals surface area contributed by atoms with E-state index >= 15 is 0 Å². The van der Waals surface area contributed by atoms with Gasteiger partial charge in [-0.1, -0.05) is 6.07 Å². The summed E-state index contributed by atoms with van der Waals surface area (Å²) >= 11 is 0. The summed E-state index contributed by atoms with van der Waals surface area (Å²) in [6, 6.07) is 8.45. The van der Waals surface area contributed by atoms with Crippen LogP contribution in [0.5, 0.6) is 5.75 Å². The molecule has 3 aromatic rings. The number of carbonyl (C=O) groups excluding carboxylic acids is 2. The van der Waals surface area contributed by atoms with Gasteiger partial charge in [0.25, 0.3) is 5.91 Å². The normalized spacial score (nSPS) is 22.1. The molecule has 2 bridgehead atoms. The first-order valence-electron chi connectivity index (χ1n) is 15.0. The van der Waals surface area contributed by atoms with Crippen LogP contribution in [0.2, 0.25) is 0 Å². The van der Waals surface area contributed by atoms with E-state index in [0.29, 0.717) is 19.0 Å². The molecule has 1 aromatic carbocycles. The number of amides is 2. The number of carbonyl (C=O) groups is 2. The van der Waals surface area contributed by atoms with Crippen LogP contribution in [0.4, 0.5) is 5.82 Å². The van der Waals surface area contributed by atoms with Gasteiger partial charge in [-0.3, -0.25) is 14.5 Å². The topological polar surface area (TPSA) is 146 Å². The first kappa shape index (κ1) is 29.1. The van der Waals surface area contributed by atoms with Gasteiger partial charge in [0.1, 0.15) is 30.2 Å². The fourth-order valence-electron chi connectivity index (χ4n) is 6.69. The second-order valence-corrected chi connectivity index (χ2v) is 11.8. The Kier molecular flexibility index (Phi) is 8.57. The number of benzene rings is 1. The van der Waals surface area contributed by atoms with Crippen LogP contribution in [0.3, 0.4) is 0 Å². The molecule has 2 aromatic heterocycles. The van der Waals surface area contributed by atoms with Gasteiger partial charge in [0.15, 0.2) is 12.2 Å². The lowest BCUT2D eigenvalue weighted by atomic mass is 9.97. The summed E-state index contributed by atoms with van der Waals surface area (Å²) in [4.78, 5) is 41.6. The van der Waals surface area contributed by atoms with Gasteiger partial charge in [0, 0.05) is 57.3 Å². The summed E-state index contributed by atoms with van der Waals surface area (Å²) in [5.41, 5.74) is 3.51. The summed E-state index contributed by atoms with van der Waals surface area (Å²) in [5, 5.41) is 16.9. The Morgan fingerprint density at radius 1 is 1.14 bits per heavy atom. The minimum Gasteiger partial charge on any atom is -0.486 e. The van der Waals surface area contributed by atoms with Crippen LogP contribution >= 0.6 is 0 Å². The third-order valence-corrected chi connectivity index (χ3v) is 8.80. The molecule has 2 amide bonds. The number of rotatable bonds is 10. The Balaban J connectivity index is 0.953. The van der Waals surface area contributed by atoms with E-state index in [-0.39, 0.29) is 42.2 Å². The molecule has 0 unspecified atom stereocenters. The fraction of sp³-hybridized carbons (Fsp3) is 0.516. The maximum atomic E-state index is 12.8. The lowest BCUT2D eigenvalue weighted by molar-refractivity contribution is -0.133. The van der Waals surface area contributed by atoms with Crippen molar-refractivity contribution in [3.05, 3.63) is 65.3 Å². The highest BCUT2D eigenvalue weighted by atomic mass is 16.5. The van der Waals surface area contributed by atoms with E-state index in [9.17, 15) is 14.7 Å². The van der Waals surface area contributed by atoms with E-state index in [2.05, 4.69) is 42.6 Å². The van der Waals surface area contributed by atoms with Crippen molar-refractivity contribution in [2.75, 3.05) is 25.0 Å². The number of hydrogen-bond acceptors (Lipinski definition) is 10. The molecule has 0 aliphatic carbocycles. The van der Waals surface area contributed by atoms with Crippen LogP contribution in [0.25, 0.3) is 0 Å². The second-order valence-electron chi connectivity index (χ2n) is 11.8. The summed E-state index contributed by atoms with van der Waals surface area (Å²) in [5.74, 6) is 1.90. The molecule has 3 aliphatic heterocycles. The van der Waals surface area contributed by atoms with Crippen molar-refractivity contribution in [2.45, 2.75) is 83.3 Å². The van der Waals surface area contributed by atoms with E-state index in [1.165, 1.54) is 23.8 Å². The van der Waals surface area contributed by atoms with Crippen LogP contribution in [0.1, 0.15) is 65.7 Å². The molecule has 228 valence electrons. The lowest BCUT2D eigenvalue weighted by Gasteiger charge is -2.38. The SMILES string of the molecule is CC(=O)N1[C@@H]2CC[C@H]1C[C@@H](Nc1cc(C(=O)NC[C@H](O)CN3CCc4cc(OCc5ocnc5C)ccc4C3)ncn1)C2. The van der Waals surface area contributed by atoms with Gasteiger partial charge in [-0.25, -0.2) is 15.0 Å². The van der Waals surface area contributed by atoms with Gasteiger partial charge in [0.05, 0.1) is 11.8 Å². The highest BCUT2D eigenvalue weighted by Crippen LogP contribution is 2.36. The molecule has 3 N–H and O–H groups in total. The predicted molar refractivity (Wildman–Crippen MR) is 157 cm³/mol. The highest BCUT2D eigenvalue weighted by Gasteiger charge is 2.42. The summed E-state index contributed by atoms with van der Waals surface area (Å²) in [7, 11) is 0. The van der Waals surface area contributed by atoms with Gasteiger partial charge in [-0.15, -0.1) is 0 Å². The molecule has 0 spiro atoms. The molecular formula is C31H39N7O5. The van der Waals surface area contributed by atoms with Gasteiger partial charge >= 0.3 is 0 Å². The number of aryl methyl sites for hydroxylation is 1. The first-order valence-corrected chi connectivity index (χ1v) is 15.0. The van der Waals surface area contributed by atoms with E-state index in [1.807, 2.05) is 17.9 Å². The molecule has 2 saturated heterocycles. The van der Waals surface area contributed by atoms with E-state index in [0.717, 1.165) is 62.4 Å². The largest absolute Gasteiger partial charge is 0.486 e.